The summed E-state index contributed by atoms with van der Waals surface area (Å²) >= 11 is 0. The lowest BCUT2D eigenvalue weighted by Gasteiger charge is -2.42. The standard InChI is InChI=1S/C16H32N2O2/c1-12-7-8-18(10-15(12)20-4)13(2)9-16(3,11-19)17-14-5-6-14/h12-15,17,19H,5-11H2,1-4H3. The average Bonchev–Trinajstić information content (AvgIpc) is 3.22. The van der Waals surface area contributed by atoms with Gasteiger partial charge in [0.25, 0.3) is 0 Å². The fourth-order valence-electron chi connectivity index (χ4n) is 3.44. The van der Waals surface area contributed by atoms with Crippen molar-refractivity contribution in [3.05, 3.63) is 0 Å². The minimum atomic E-state index is -0.147. The molecule has 0 aromatic heterocycles. The smallest absolute Gasteiger partial charge is 0.0724 e. The van der Waals surface area contributed by atoms with E-state index in [1.807, 2.05) is 7.11 Å². The van der Waals surface area contributed by atoms with E-state index in [1.165, 1.54) is 19.3 Å². The highest BCUT2D eigenvalue weighted by molar-refractivity contribution is 4.95. The van der Waals surface area contributed by atoms with Crippen molar-refractivity contribution in [3.8, 4) is 0 Å². The molecule has 2 aliphatic rings. The normalized spacial score (nSPS) is 32.9. The number of ether oxygens (including phenoxy) is 1. The summed E-state index contributed by atoms with van der Waals surface area (Å²) in [6.45, 7) is 9.10. The molecule has 20 heavy (non-hydrogen) atoms. The number of aliphatic hydroxyl groups excluding tert-OH is 1. The molecule has 118 valence electrons. The summed E-state index contributed by atoms with van der Waals surface area (Å²) in [5.41, 5.74) is -0.147. The van der Waals surface area contributed by atoms with Crippen LogP contribution in [0, 0.1) is 5.92 Å². The van der Waals surface area contributed by atoms with Gasteiger partial charge in [-0.1, -0.05) is 6.92 Å². The molecule has 1 aliphatic carbocycles. The molecule has 4 atom stereocenters. The molecule has 0 bridgehead atoms. The molecule has 4 heteroatoms. The van der Waals surface area contributed by atoms with E-state index in [0.717, 1.165) is 19.5 Å². The van der Waals surface area contributed by atoms with Crippen LogP contribution >= 0.6 is 0 Å². The van der Waals surface area contributed by atoms with Gasteiger partial charge in [-0.3, -0.25) is 4.90 Å². The first-order valence-corrected chi connectivity index (χ1v) is 8.13. The Balaban J connectivity index is 1.87. The van der Waals surface area contributed by atoms with Crippen LogP contribution in [0.15, 0.2) is 0 Å². The minimum Gasteiger partial charge on any atom is -0.394 e. The highest BCUT2D eigenvalue weighted by Gasteiger charge is 2.36. The monoisotopic (exact) mass is 284 g/mol. The molecule has 4 nitrogen and oxygen atoms in total. The van der Waals surface area contributed by atoms with Gasteiger partial charge in [0.15, 0.2) is 0 Å². The Morgan fingerprint density at radius 2 is 2.10 bits per heavy atom. The molecule has 1 saturated carbocycles. The highest BCUT2D eigenvalue weighted by Crippen LogP contribution is 2.27. The van der Waals surface area contributed by atoms with Gasteiger partial charge in [-0.2, -0.15) is 0 Å². The van der Waals surface area contributed by atoms with Crippen molar-refractivity contribution < 1.29 is 9.84 Å². The van der Waals surface area contributed by atoms with Crippen molar-refractivity contribution in [2.75, 3.05) is 26.8 Å². The van der Waals surface area contributed by atoms with Crippen molar-refractivity contribution in [1.82, 2.24) is 10.2 Å². The van der Waals surface area contributed by atoms with E-state index in [4.69, 9.17) is 4.74 Å². The van der Waals surface area contributed by atoms with E-state index in [9.17, 15) is 5.11 Å². The molecule has 2 fully saturated rings. The van der Waals surface area contributed by atoms with Gasteiger partial charge in [0.2, 0.25) is 0 Å². The number of methoxy groups -OCH3 is 1. The molecule has 4 unspecified atom stereocenters. The molecule has 1 aliphatic heterocycles. The molecule has 0 amide bonds. The predicted octanol–water partition coefficient (Wildman–Crippen LogP) is 1.62. The van der Waals surface area contributed by atoms with Gasteiger partial charge in [-0.15, -0.1) is 0 Å². The minimum absolute atomic E-state index is 0.147. The van der Waals surface area contributed by atoms with E-state index < -0.39 is 0 Å². The molecule has 0 aromatic rings. The number of nitrogens with one attached hydrogen (secondary N) is 1. The second-order valence-electron chi connectivity index (χ2n) is 7.23. The van der Waals surface area contributed by atoms with Crippen molar-refractivity contribution >= 4 is 0 Å². The average molecular weight is 284 g/mol. The summed E-state index contributed by atoms with van der Waals surface area (Å²) in [5.74, 6) is 0.650. The van der Waals surface area contributed by atoms with Crippen LogP contribution in [0.3, 0.4) is 0 Å². The maximum atomic E-state index is 9.74. The Morgan fingerprint density at radius 1 is 1.40 bits per heavy atom. The molecule has 1 saturated heterocycles. The third-order valence-corrected chi connectivity index (χ3v) is 5.07. The molecular formula is C16H32N2O2. The number of nitrogens with zero attached hydrogens (tertiary/aromatic N) is 1. The van der Waals surface area contributed by atoms with E-state index in [0.29, 0.717) is 24.1 Å². The van der Waals surface area contributed by atoms with Gasteiger partial charge < -0.3 is 15.2 Å². The number of hydrogen-bond donors (Lipinski definition) is 2. The van der Waals surface area contributed by atoms with E-state index in [2.05, 4.69) is 31.0 Å². The van der Waals surface area contributed by atoms with Crippen LogP contribution in [0.2, 0.25) is 0 Å². The molecular weight excluding hydrogens is 252 g/mol. The van der Waals surface area contributed by atoms with Gasteiger partial charge in [0.05, 0.1) is 12.7 Å². The Kier molecular flexibility index (Phi) is 5.46. The fourth-order valence-corrected chi connectivity index (χ4v) is 3.44. The predicted molar refractivity (Wildman–Crippen MR) is 81.9 cm³/mol. The first-order valence-electron chi connectivity index (χ1n) is 8.13. The second kappa shape index (κ2) is 6.73. The van der Waals surface area contributed by atoms with Crippen LogP contribution in [0.25, 0.3) is 0 Å². The van der Waals surface area contributed by atoms with Gasteiger partial charge in [-0.25, -0.2) is 0 Å². The largest absolute Gasteiger partial charge is 0.394 e. The van der Waals surface area contributed by atoms with Crippen molar-refractivity contribution in [1.29, 1.82) is 0 Å². The van der Waals surface area contributed by atoms with E-state index in [-0.39, 0.29) is 12.1 Å². The molecule has 0 aromatic carbocycles. The number of piperidine rings is 1. The maximum Gasteiger partial charge on any atom is 0.0724 e. The molecule has 0 radical (unpaired) electrons. The zero-order valence-electron chi connectivity index (χ0n) is 13.6. The van der Waals surface area contributed by atoms with Crippen LogP contribution in [0.1, 0.15) is 46.5 Å². The van der Waals surface area contributed by atoms with Crippen molar-refractivity contribution in [3.63, 3.8) is 0 Å². The van der Waals surface area contributed by atoms with Crippen LogP contribution in [-0.4, -0.2) is 60.5 Å². The summed E-state index contributed by atoms with van der Waals surface area (Å²) in [7, 11) is 1.82. The number of hydrogen-bond acceptors (Lipinski definition) is 4. The quantitative estimate of drug-likeness (QED) is 0.746. The Morgan fingerprint density at radius 3 is 2.65 bits per heavy atom. The maximum absolute atomic E-state index is 9.74. The topological polar surface area (TPSA) is 44.7 Å². The van der Waals surface area contributed by atoms with Crippen molar-refractivity contribution in [2.45, 2.75) is 70.2 Å². The van der Waals surface area contributed by atoms with Gasteiger partial charge in [0, 0.05) is 31.3 Å². The Hall–Kier alpha value is -0.160. The summed E-state index contributed by atoms with van der Waals surface area (Å²) in [6.07, 6.45) is 5.07. The molecule has 0 spiro atoms. The van der Waals surface area contributed by atoms with Crippen molar-refractivity contribution in [2.24, 2.45) is 5.92 Å². The SMILES string of the molecule is COC1CN(C(C)CC(C)(CO)NC2CC2)CCC1C. The number of aliphatic hydroxyl groups is 1. The summed E-state index contributed by atoms with van der Waals surface area (Å²) in [5, 5.41) is 13.4. The van der Waals surface area contributed by atoms with E-state index in [1.54, 1.807) is 0 Å². The zero-order chi connectivity index (χ0) is 14.8. The molecule has 2 N–H and O–H groups in total. The number of likely N-dealkylation sites (tertiary alicyclic amines) is 1. The lowest BCUT2D eigenvalue weighted by atomic mass is 9.90. The lowest BCUT2D eigenvalue weighted by Crippen LogP contribution is -2.54. The Bertz CT molecular complexity index is 309. The van der Waals surface area contributed by atoms with Crippen LogP contribution in [-0.2, 0) is 4.74 Å². The third kappa shape index (κ3) is 4.17. The highest BCUT2D eigenvalue weighted by atomic mass is 16.5. The van der Waals surface area contributed by atoms with Crippen LogP contribution in [0.4, 0.5) is 0 Å². The first-order chi connectivity index (χ1) is 9.47. The van der Waals surface area contributed by atoms with Gasteiger partial charge in [0.1, 0.15) is 0 Å². The lowest BCUT2D eigenvalue weighted by molar-refractivity contribution is -0.0227. The third-order valence-electron chi connectivity index (χ3n) is 5.07. The van der Waals surface area contributed by atoms with Gasteiger partial charge >= 0.3 is 0 Å². The number of rotatable bonds is 7. The zero-order valence-corrected chi connectivity index (χ0v) is 13.6. The van der Waals surface area contributed by atoms with E-state index >= 15 is 0 Å². The molecule has 2 rings (SSSR count). The van der Waals surface area contributed by atoms with Crippen LogP contribution in [0.5, 0.6) is 0 Å². The van der Waals surface area contributed by atoms with Gasteiger partial charge in [-0.05, 0) is 52.0 Å². The Labute approximate surface area is 123 Å². The summed E-state index contributed by atoms with van der Waals surface area (Å²) in [6, 6.07) is 1.11. The fraction of sp³-hybridized carbons (Fsp3) is 1.00. The molecule has 1 heterocycles. The second-order valence-corrected chi connectivity index (χ2v) is 7.23. The van der Waals surface area contributed by atoms with Crippen LogP contribution < -0.4 is 5.32 Å². The first kappa shape index (κ1) is 16.2. The summed E-state index contributed by atoms with van der Waals surface area (Å²) < 4.78 is 5.61. The summed E-state index contributed by atoms with van der Waals surface area (Å²) in [4.78, 5) is 2.52.